The van der Waals surface area contributed by atoms with Gasteiger partial charge in [0.25, 0.3) is 0 Å². The number of benzene rings is 1. The summed E-state index contributed by atoms with van der Waals surface area (Å²) in [7, 11) is 0. The van der Waals surface area contributed by atoms with Crippen molar-refractivity contribution in [2.45, 2.75) is 20.1 Å². The van der Waals surface area contributed by atoms with Gasteiger partial charge in [0.1, 0.15) is 0 Å². The number of hydrogen-bond donors (Lipinski definition) is 0. The van der Waals surface area contributed by atoms with Crippen LogP contribution < -0.4 is 0 Å². The topological polar surface area (TPSA) is 51.6 Å². The second kappa shape index (κ2) is 6.49. The standard InChI is InChI=1S/C14H10N4S2/c1-2-6-12(20-14-17-9-4-10-18-14)11(5-1)19-13-15-7-3-8-16-13/h1-10H. The zero-order valence-electron chi connectivity index (χ0n) is 10.4. The van der Waals surface area contributed by atoms with Crippen LogP contribution in [0, 0.1) is 0 Å². The van der Waals surface area contributed by atoms with Crippen LogP contribution in [-0.2, 0) is 0 Å². The van der Waals surface area contributed by atoms with Crippen LogP contribution in [-0.4, -0.2) is 19.9 Å². The second-order valence-corrected chi connectivity index (χ2v) is 5.73. The lowest BCUT2D eigenvalue weighted by atomic mass is 10.4. The van der Waals surface area contributed by atoms with Gasteiger partial charge in [-0.05, 0) is 47.8 Å². The molecule has 0 saturated carbocycles. The minimum absolute atomic E-state index is 0.731. The van der Waals surface area contributed by atoms with Crippen molar-refractivity contribution in [2.24, 2.45) is 0 Å². The maximum Gasteiger partial charge on any atom is 0.192 e. The third-order valence-corrected chi connectivity index (χ3v) is 4.40. The first-order valence-electron chi connectivity index (χ1n) is 5.90. The molecule has 0 atom stereocenters. The molecular formula is C14H10N4S2. The highest BCUT2D eigenvalue weighted by molar-refractivity contribution is 8.02. The summed E-state index contributed by atoms with van der Waals surface area (Å²) < 4.78 is 0. The molecule has 0 aliphatic heterocycles. The van der Waals surface area contributed by atoms with Gasteiger partial charge in [0.05, 0.1) is 0 Å². The fourth-order valence-corrected chi connectivity index (χ4v) is 3.22. The van der Waals surface area contributed by atoms with Crippen LogP contribution in [0.15, 0.2) is 81.3 Å². The molecule has 6 heteroatoms. The molecule has 0 N–H and O–H groups in total. The zero-order chi connectivity index (χ0) is 13.6. The number of aromatic nitrogens is 4. The summed E-state index contributed by atoms with van der Waals surface area (Å²) in [5.41, 5.74) is 0. The largest absolute Gasteiger partial charge is 0.231 e. The Bertz CT molecular complexity index is 617. The van der Waals surface area contributed by atoms with Gasteiger partial charge in [-0.3, -0.25) is 0 Å². The van der Waals surface area contributed by atoms with E-state index in [0.717, 1.165) is 20.1 Å². The summed E-state index contributed by atoms with van der Waals surface area (Å²) in [6.07, 6.45) is 6.97. The molecule has 0 amide bonds. The van der Waals surface area contributed by atoms with Crippen molar-refractivity contribution in [3.8, 4) is 0 Å². The highest BCUT2D eigenvalue weighted by Gasteiger charge is 2.08. The Kier molecular flexibility index (Phi) is 4.25. The van der Waals surface area contributed by atoms with Gasteiger partial charge in [0.15, 0.2) is 10.3 Å². The van der Waals surface area contributed by atoms with Crippen molar-refractivity contribution in [1.82, 2.24) is 19.9 Å². The Balaban J connectivity index is 1.85. The molecule has 3 aromatic rings. The van der Waals surface area contributed by atoms with Crippen molar-refractivity contribution in [1.29, 1.82) is 0 Å². The van der Waals surface area contributed by atoms with Crippen LogP contribution in [0.5, 0.6) is 0 Å². The van der Waals surface area contributed by atoms with Crippen LogP contribution in [0.1, 0.15) is 0 Å². The molecule has 1 aromatic carbocycles. The van der Waals surface area contributed by atoms with E-state index in [1.54, 1.807) is 24.8 Å². The molecule has 2 aromatic heterocycles. The molecule has 2 heterocycles. The minimum Gasteiger partial charge on any atom is -0.231 e. The van der Waals surface area contributed by atoms with Crippen molar-refractivity contribution in [3.05, 3.63) is 61.2 Å². The molecule has 3 rings (SSSR count). The van der Waals surface area contributed by atoms with Crippen LogP contribution >= 0.6 is 23.5 Å². The van der Waals surface area contributed by atoms with E-state index < -0.39 is 0 Å². The van der Waals surface area contributed by atoms with E-state index in [2.05, 4.69) is 19.9 Å². The number of hydrogen-bond acceptors (Lipinski definition) is 6. The van der Waals surface area contributed by atoms with Gasteiger partial charge < -0.3 is 0 Å². The Morgan fingerprint density at radius 3 is 1.35 bits per heavy atom. The minimum atomic E-state index is 0.731. The van der Waals surface area contributed by atoms with E-state index in [-0.39, 0.29) is 0 Å². The molecule has 20 heavy (non-hydrogen) atoms. The molecule has 4 nitrogen and oxygen atoms in total. The average molecular weight is 298 g/mol. The van der Waals surface area contributed by atoms with Gasteiger partial charge in [-0.1, -0.05) is 12.1 Å². The predicted molar refractivity (Wildman–Crippen MR) is 78.8 cm³/mol. The van der Waals surface area contributed by atoms with Gasteiger partial charge >= 0.3 is 0 Å². The van der Waals surface area contributed by atoms with E-state index in [0.29, 0.717) is 0 Å². The van der Waals surface area contributed by atoms with Crippen LogP contribution in [0.3, 0.4) is 0 Å². The van der Waals surface area contributed by atoms with Crippen LogP contribution in [0.25, 0.3) is 0 Å². The molecule has 0 spiro atoms. The lowest BCUT2D eigenvalue weighted by Crippen LogP contribution is -1.87. The Hall–Kier alpha value is -1.92. The van der Waals surface area contributed by atoms with E-state index in [9.17, 15) is 0 Å². The molecule has 0 unspecified atom stereocenters. The highest BCUT2D eigenvalue weighted by Crippen LogP contribution is 2.35. The molecule has 0 saturated heterocycles. The molecule has 0 bridgehead atoms. The first kappa shape index (κ1) is 13.1. The summed E-state index contributed by atoms with van der Waals surface area (Å²) in [6.45, 7) is 0. The SMILES string of the molecule is c1cnc(Sc2ccccc2Sc2ncccn2)nc1. The van der Waals surface area contributed by atoms with Crippen molar-refractivity contribution >= 4 is 23.5 Å². The fourth-order valence-electron chi connectivity index (χ4n) is 1.49. The Labute approximate surface area is 125 Å². The van der Waals surface area contributed by atoms with Crippen molar-refractivity contribution in [3.63, 3.8) is 0 Å². The normalized spacial score (nSPS) is 10.4. The molecule has 0 fully saturated rings. The maximum atomic E-state index is 4.23. The van der Waals surface area contributed by atoms with Gasteiger partial charge in [-0.15, -0.1) is 0 Å². The smallest absolute Gasteiger partial charge is 0.192 e. The lowest BCUT2D eigenvalue weighted by Gasteiger charge is -2.06. The molecule has 0 radical (unpaired) electrons. The van der Waals surface area contributed by atoms with E-state index >= 15 is 0 Å². The summed E-state index contributed by atoms with van der Waals surface area (Å²) in [4.78, 5) is 19.1. The first-order chi connectivity index (χ1) is 9.92. The fraction of sp³-hybridized carbons (Fsp3) is 0. The van der Waals surface area contributed by atoms with Gasteiger partial charge in [-0.2, -0.15) is 0 Å². The highest BCUT2D eigenvalue weighted by atomic mass is 32.2. The van der Waals surface area contributed by atoms with Gasteiger partial charge in [0, 0.05) is 34.6 Å². The summed E-state index contributed by atoms with van der Waals surface area (Å²) in [6, 6.07) is 11.7. The Morgan fingerprint density at radius 2 is 0.950 bits per heavy atom. The summed E-state index contributed by atoms with van der Waals surface area (Å²) >= 11 is 3.07. The summed E-state index contributed by atoms with van der Waals surface area (Å²) in [5, 5.41) is 1.46. The van der Waals surface area contributed by atoms with Crippen LogP contribution in [0.2, 0.25) is 0 Å². The molecular weight excluding hydrogens is 288 g/mol. The van der Waals surface area contributed by atoms with E-state index in [1.165, 1.54) is 23.5 Å². The van der Waals surface area contributed by atoms with Crippen molar-refractivity contribution < 1.29 is 0 Å². The first-order valence-corrected chi connectivity index (χ1v) is 7.54. The lowest BCUT2D eigenvalue weighted by molar-refractivity contribution is 0.957. The second-order valence-electron chi connectivity index (χ2n) is 3.71. The van der Waals surface area contributed by atoms with Gasteiger partial charge in [-0.25, -0.2) is 19.9 Å². The zero-order valence-corrected chi connectivity index (χ0v) is 12.0. The average Bonchev–Trinajstić information content (AvgIpc) is 2.51. The predicted octanol–water partition coefficient (Wildman–Crippen LogP) is 3.57. The number of rotatable bonds is 4. The monoisotopic (exact) mass is 298 g/mol. The van der Waals surface area contributed by atoms with E-state index in [4.69, 9.17) is 0 Å². The molecule has 0 aliphatic carbocycles. The van der Waals surface area contributed by atoms with Crippen LogP contribution in [0.4, 0.5) is 0 Å². The van der Waals surface area contributed by atoms with Crippen molar-refractivity contribution in [2.75, 3.05) is 0 Å². The molecule has 0 aliphatic rings. The number of nitrogens with zero attached hydrogens (tertiary/aromatic N) is 4. The third-order valence-electron chi connectivity index (χ3n) is 2.34. The molecule has 98 valence electrons. The van der Waals surface area contributed by atoms with E-state index in [1.807, 2.05) is 36.4 Å². The summed E-state index contributed by atoms with van der Waals surface area (Å²) in [5.74, 6) is 0. The quantitative estimate of drug-likeness (QED) is 0.686. The Morgan fingerprint density at radius 1 is 0.550 bits per heavy atom. The van der Waals surface area contributed by atoms with Gasteiger partial charge in [0.2, 0.25) is 0 Å². The third kappa shape index (κ3) is 3.34. The maximum absolute atomic E-state index is 4.23.